The van der Waals surface area contributed by atoms with Crippen molar-refractivity contribution < 1.29 is 24.0 Å². The van der Waals surface area contributed by atoms with Crippen LogP contribution in [0.15, 0.2) is 29.2 Å². The normalized spacial score (nSPS) is 16.9. The van der Waals surface area contributed by atoms with Crippen LogP contribution in [0.1, 0.15) is 6.42 Å². The van der Waals surface area contributed by atoms with Crippen molar-refractivity contribution in [3.05, 3.63) is 34.4 Å². The third kappa shape index (κ3) is 4.92. The number of hydrogen-bond donors (Lipinski definition) is 1. The first kappa shape index (κ1) is 18.7. The Morgan fingerprint density at radius 1 is 1.40 bits per heavy atom. The first-order valence-corrected chi connectivity index (χ1v) is 8.42. The smallest absolute Gasteiger partial charge is 0.308 e. The lowest BCUT2D eigenvalue weighted by Crippen LogP contribution is -2.58. The fourth-order valence-corrected chi connectivity index (χ4v) is 3.13. The van der Waals surface area contributed by atoms with Crippen molar-refractivity contribution in [2.24, 2.45) is 0 Å². The quantitative estimate of drug-likeness (QED) is 0.338. The largest absolute Gasteiger partial charge is 0.469 e. The van der Waals surface area contributed by atoms with Crippen molar-refractivity contribution in [3.8, 4) is 0 Å². The van der Waals surface area contributed by atoms with E-state index in [2.05, 4.69) is 10.1 Å². The molecule has 9 nitrogen and oxygen atoms in total. The number of ether oxygens (including phenoxy) is 1. The molecule has 1 heterocycles. The van der Waals surface area contributed by atoms with Crippen LogP contribution in [0.3, 0.4) is 0 Å². The van der Waals surface area contributed by atoms with Crippen LogP contribution >= 0.6 is 11.8 Å². The van der Waals surface area contributed by atoms with Crippen molar-refractivity contribution in [2.45, 2.75) is 17.4 Å². The van der Waals surface area contributed by atoms with Crippen molar-refractivity contribution in [1.29, 1.82) is 0 Å². The molecule has 0 saturated carbocycles. The zero-order valence-corrected chi connectivity index (χ0v) is 14.3. The van der Waals surface area contributed by atoms with Crippen molar-refractivity contribution in [3.63, 3.8) is 0 Å². The van der Waals surface area contributed by atoms with Gasteiger partial charge in [0.15, 0.2) is 0 Å². The van der Waals surface area contributed by atoms with E-state index in [0.717, 1.165) is 0 Å². The molecule has 1 aliphatic rings. The summed E-state index contributed by atoms with van der Waals surface area (Å²) in [6.45, 7) is 0.636. The molecule has 1 saturated heterocycles. The van der Waals surface area contributed by atoms with Gasteiger partial charge in [0.25, 0.3) is 5.69 Å². The highest BCUT2D eigenvalue weighted by molar-refractivity contribution is 8.00. The van der Waals surface area contributed by atoms with Crippen LogP contribution in [-0.2, 0) is 19.1 Å². The van der Waals surface area contributed by atoms with Crippen LogP contribution in [0.2, 0.25) is 0 Å². The Labute approximate surface area is 147 Å². The first-order valence-electron chi connectivity index (χ1n) is 7.43. The van der Waals surface area contributed by atoms with Gasteiger partial charge in [-0.25, -0.2) is 0 Å². The molecule has 25 heavy (non-hydrogen) atoms. The number of esters is 1. The average molecular weight is 367 g/mol. The van der Waals surface area contributed by atoms with Crippen LogP contribution in [0.25, 0.3) is 0 Å². The fraction of sp³-hybridized carbons (Fsp3) is 0.400. The molecule has 134 valence electrons. The second-order valence-electron chi connectivity index (χ2n) is 5.21. The van der Waals surface area contributed by atoms with Gasteiger partial charge in [-0.1, -0.05) is 0 Å². The third-order valence-corrected chi connectivity index (χ3v) is 4.65. The molecule has 1 aliphatic heterocycles. The van der Waals surface area contributed by atoms with Gasteiger partial charge in [-0.05, 0) is 12.1 Å². The second kappa shape index (κ2) is 8.47. The Hall–Kier alpha value is -2.62. The topological polar surface area (TPSA) is 119 Å². The fourth-order valence-electron chi connectivity index (χ4n) is 2.35. The lowest BCUT2D eigenvalue weighted by atomic mass is 10.1. The minimum Gasteiger partial charge on any atom is -0.469 e. The number of nitrogens with zero attached hydrogens (tertiary/aromatic N) is 2. The number of nitrogens with one attached hydrogen (secondary N) is 1. The molecule has 0 spiro atoms. The number of nitro groups is 1. The highest BCUT2D eigenvalue weighted by Crippen LogP contribution is 2.22. The zero-order chi connectivity index (χ0) is 18.4. The Morgan fingerprint density at radius 3 is 2.68 bits per heavy atom. The van der Waals surface area contributed by atoms with Gasteiger partial charge in [0.2, 0.25) is 11.8 Å². The van der Waals surface area contributed by atoms with Gasteiger partial charge >= 0.3 is 5.97 Å². The van der Waals surface area contributed by atoms with E-state index >= 15 is 0 Å². The van der Waals surface area contributed by atoms with E-state index in [1.165, 1.54) is 35.9 Å². The molecule has 10 heteroatoms. The molecule has 1 aromatic carbocycles. The van der Waals surface area contributed by atoms with E-state index in [0.29, 0.717) is 18.0 Å². The number of piperazine rings is 1. The van der Waals surface area contributed by atoms with Crippen LogP contribution in [0.5, 0.6) is 0 Å². The maximum absolute atomic E-state index is 12.4. The number of methoxy groups -OCH3 is 1. The summed E-state index contributed by atoms with van der Waals surface area (Å²) >= 11 is 1.21. The Kier molecular flexibility index (Phi) is 6.34. The van der Waals surface area contributed by atoms with Gasteiger partial charge in [0, 0.05) is 30.1 Å². The monoisotopic (exact) mass is 367 g/mol. The first-order chi connectivity index (χ1) is 11.9. The number of non-ortho nitro benzene ring substituents is 1. The minimum absolute atomic E-state index is 0.0264. The number of benzene rings is 1. The van der Waals surface area contributed by atoms with Crippen molar-refractivity contribution in [1.82, 2.24) is 10.2 Å². The summed E-state index contributed by atoms with van der Waals surface area (Å²) in [4.78, 5) is 48.0. The van der Waals surface area contributed by atoms with E-state index < -0.39 is 16.9 Å². The predicted molar refractivity (Wildman–Crippen MR) is 89.0 cm³/mol. The summed E-state index contributed by atoms with van der Waals surface area (Å²) in [5.74, 6) is -1.18. The van der Waals surface area contributed by atoms with E-state index in [1.54, 1.807) is 12.1 Å². The highest BCUT2D eigenvalue weighted by Gasteiger charge is 2.34. The SMILES string of the molecule is COC(=O)CC1C(=O)NCCN1C(=O)CSc1ccc([N+](=O)[O-])cc1. The lowest BCUT2D eigenvalue weighted by Gasteiger charge is -2.34. The number of thioether (sulfide) groups is 1. The molecule has 1 fully saturated rings. The zero-order valence-electron chi connectivity index (χ0n) is 13.5. The van der Waals surface area contributed by atoms with Gasteiger partial charge in [-0.3, -0.25) is 24.5 Å². The summed E-state index contributed by atoms with van der Waals surface area (Å²) in [6.07, 6.45) is -0.198. The Morgan fingerprint density at radius 2 is 2.08 bits per heavy atom. The van der Waals surface area contributed by atoms with Crippen LogP contribution in [0, 0.1) is 10.1 Å². The number of carbonyl (C=O) groups is 3. The van der Waals surface area contributed by atoms with Crippen LogP contribution in [0.4, 0.5) is 5.69 Å². The van der Waals surface area contributed by atoms with Crippen LogP contribution in [-0.4, -0.2) is 59.6 Å². The summed E-state index contributed by atoms with van der Waals surface area (Å²) < 4.78 is 4.57. The van der Waals surface area contributed by atoms with E-state index in [4.69, 9.17) is 0 Å². The number of amides is 2. The molecule has 1 atom stereocenters. The van der Waals surface area contributed by atoms with Gasteiger partial charge in [-0.2, -0.15) is 0 Å². The van der Waals surface area contributed by atoms with Crippen molar-refractivity contribution in [2.75, 3.05) is 26.0 Å². The minimum atomic E-state index is -0.883. The molecule has 0 bridgehead atoms. The Balaban J connectivity index is 1.98. The highest BCUT2D eigenvalue weighted by atomic mass is 32.2. The van der Waals surface area contributed by atoms with Gasteiger partial charge in [-0.15, -0.1) is 11.8 Å². The molecular formula is C15H17N3O6S. The second-order valence-corrected chi connectivity index (χ2v) is 6.26. The molecule has 2 amide bonds. The van der Waals surface area contributed by atoms with Gasteiger partial charge in [0.1, 0.15) is 6.04 Å². The summed E-state index contributed by atoms with van der Waals surface area (Å²) in [5.41, 5.74) is -0.0264. The summed E-state index contributed by atoms with van der Waals surface area (Å²) in [7, 11) is 1.22. The lowest BCUT2D eigenvalue weighted by molar-refractivity contribution is -0.384. The molecule has 0 aromatic heterocycles. The Bertz CT molecular complexity index is 678. The standard InChI is InChI=1S/C15H17N3O6S/c1-24-14(20)8-12-15(21)16-6-7-17(12)13(19)9-25-11-4-2-10(3-5-11)18(22)23/h2-5,12H,6-9H2,1H3,(H,16,21). The van der Waals surface area contributed by atoms with E-state index in [1.807, 2.05) is 0 Å². The number of hydrogen-bond acceptors (Lipinski definition) is 7. The number of nitro benzene ring substituents is 1. The van der Waals surface area contributed by atoms with Gasteiger partial charge < -0.3 is 15.0 Å². The molecule has 1 N–H and O–H groups in total. The maximum Gasteiger partial charge on any atom is 0.308 e. The van der Waals surface area contributed by atoms with Crippen molar-refractivity contribution >= 4 is 35.2 Å². The van der Waals surface area contributed by atoms with Gasteiger partial charge in [0.05, 0.1) is 24.2 Å². The summed E-state index contributed by atoms with van der Waals surface area (Å²) in [6, 6.07) is 4.96. The molecular weight excluding hydrogens is 350 g/mol. The molecule has 2 rings (SSSR count). The summed E-state index contributed by atoms with van der Waals surface area (Å²) in [5, 5.41) is 13.3. The molecule has 1 aromatic rings. The third-order valence-electron chi connectivity index (χ3n) is 3.65. The predicted octanol–water partition coefficient (Wildman–Crippen LogP) is 0.577. The number of rotatable bonds is 6. The maximum atomic E-state index is 12.4. The van der Waals surface area contributed by atoms with E-state index in [9.17, 15) is 24.5 Å². The molecule has 0 aliphatic carbocycles. The van der Waals surface area contributed by atoms with Crippen LogP contribution < -0.4 is 5.32 Å². The molecule has 0 radical (unpaired) electrons. The number of carbonyl (C=O) groups excluding carboxylic acids is 3. The molecule has 1 unspecified atom stereocenters. The van der Waals surface area contributed by atoms with E-state index in [-0.39, 0.29) is 29.7 Å². The average Bonchev–Trinajstić information content (AvgIpc) is 2.61.